The molecule has 114 valence electrons. The molecule has 0 fully saturated rings. The van der Waals surface area contributed by atoms with Crippen molar-refractivity contribution in [1.82, 2.24) is 15.0 Å². The van der Waals surface area contributed by atoms with E-state index in [0.717, 1.165) is 25.9 Å². The van der Waals surface area contributed by atoms with Crippen LogP contribution in [0.15, 0.2) is 0 Å². The third kappa shape index (κ3) is 3.69. The second-order valence-corrected chi connectivity index (χ2v) is 4.76. The Kier molecular flexibility index (Phi) is 5.94. The maximum atomic E-state index is 9.60. The van der Waals surface area contributed by atoms with E-state index in [0.29, 0.717) is 11.9 Å². The first kappa shape index (κ1) is 16.4. The van der Waals surface area contributed by atoms with E-state index in [4.69, 9.17) is 5.73 Å². The van der Waals surface area contributed by atoms with E-state index in [-0.39, 0.29) is 12.6 Å². The minimum Gasteiger partial charge on any atom is -0.394 e. The van der Waals surface area contributed by atoms with Gasteiger partial charge in [0.15, 0.2) is 0 Å². The third-order valence-electron chi connectivity index (χ3n) is 3.72. The normalized spacial score (nSPS) is 11.4. The Morgan fingerprint density at radius 3 is 2.15 bits per heavy atom. The summed E-state index contributed by atoms with van der Waals surface area (Å²) in [7, 11) is 0. The topological polar surface area (TPSA) is 100 Å². The van der Waals surface area contributed by atoms with E-state index in [1.807, 2.05) is 32.6 Å². The van der Waals surface area contributed by atoms with E-state index in [1.165, 1.54) is 0 Å². The number of aromatic nitrogens is 3. The molecule has 20 heavy (non-hydrogen) atoms. The van der Waals surface area contributed by atoms with Gasteiger partial charge in [-0.3, -0.25) is 0 Å². The number of hydrogen-bond acceptors (Lipinski definition) is 7. The first-order valence-electron chi connectivity index (χ1n) is 7.19. The summed E-state index contributed by atoms with van der Waals surface area (Å²) in [6.07, 6.45) is 1.54. The highest BCUT2D eigenvalue weighted by Crippen LogP contribution is 2.21. The lowest BCUT2D eigenvalue weighted by atomic mass is 9.94. The van der Waals surface area contributed by atoms with Crippen molar-refractivity contribution >= 4 is 17.8 Å². The first-order chi connectivity index (χ1) is 9.53. The summed E-state index contributed by atoms with van der Waals surface area (Å²) < 4.78 is 0. The molecule has 0 aliphatic rings. The summed E-state index contributed by atoms with van der Waals surface area (Å²) in [5, 5.41) is 12.8. The van der Waals surface area contributed by atoms with Crippen molar-refractivity contribution in [3.8, 4) is 0 Å². The molecular formula is C13H26N6O. The van der Waals surface area contributed by atoms with Gasteiger partial charge in [-0.1, -0.05) is 13.8 Å². The van der Waals surface area contributed by atoms with Gasteiger partial charge in [0.05, 0.1) is 12.1 Å². The second kappa shape index (κ2) is 7.23. The predicted octanol–water partition coefficient (Wildman–Crippen LogP) is 1.26. The molecule has 0 spiro atoms. The van der Waals surface area contributed by atoms with Crippen LogP contribution in [-0.4, -0.2) is 45.3 Å². The number of rotatable bonds is 8. The maximum Gasteiger partial charge on any atom is 0.231 e. The van der Waals surface area contributed by atoms with Gasteiger partial charge in [0, 0.05) is 13.1 Å². The van der Waals surface area contributed by atoms with Gasteiger partial charge < -0.3 is 21.1 Å². The van der Waals surface area contributed by atoms with Crippen LogP contribution in [0, 0.1) is 0 Å². The zero-order chi connectivity index (χ0) is 15.2. The number of aliphatic hydroxyl groups excluding tert-OH is 1. The van der Waals surface area contributed by atoms with Gasteiger partial charge in [0.2, 0.25) is 17.8 Å². The Hall–Kier alpha value is -1.63. The zero-order valence-corrected chi connectivity index (χ0v) is 12.8. The zero-order valence-electron chi connectivity index (χ0n) is 12.8. The number of nitrogen functional groups attached to an aromatic ring is 1. The summed E-state index contributed by atoms with van der Waals surface area (Å²) in [4.78, 5) is 14.7. The summed E-state index contributed by atoms with van der Waals surface area (Å²) in [5.41, 5.74) is 5.34. The summed E-state index contributed by atoms with van der Waals surface area (Å²) in [5.74, 6) is 1.16. The van der Waals surface area contributed by atoms with E-state index in [9.17, 15) is 5.11 Å². The molecule has 0 amide bonds. The Balaban J connectivity index is 3.07. The van der Waals surface area contributed by atoms with Gasteiger partial charge in [-0.15, -0.1) is 0 Å². The summed E-state index contributed by atoms with van der Waals surface area (Å²) >= 11 is 0. The van der Waals surface area contributed by atoms with Crippen molar-refractivity contribution in [2.24, 2.45) is 0 Å². The standard InChI is InChI=1S/C13H26N6O/c1-5-13(6-2,9-20)18-11-15-10(14)16-12(17-11)19(7-3)8-4/h20H,5-9H2,1-4H3,(H3,14,15,16,17,18). The molecule has 4 N–H and O–H groups in total. The largest absolute Gasteiger partial charge is 0.394 e. The molecule has 0 unspecified atom stereocenters. The lowest BCUT2D eigenvalue weighted by Gasteiger charge is -2.31. The molecule has 0 saturated heterocycles. The van der Waals surface area contributed by atoms with Crippen molar-refractivity contribution in [1.29, 1.82) is 0 Å². The average molecular weight is 282 g/mol. The van der Waals surface area contributed by atoms with Gasteiger partial charge in [0.1, 0.15) is 0 Å². The van der Waals surface area contributed by atoms with Gasteiger partial charge in [-0.2, -0.15) is 15.0 Å². The van der Waals surface area contributed by atoms with E-state index >= 15 is 0 Å². The Morgan fingerprint density at radius 1 is 1.10 bits per heavy atom. The number of anilines is 3. The molecule has 0 bridgehead atoms. The number of hydrogen-bond donors (Lipinski definition) is 3. The van der Waals surface area contributed by atoms with Crippen LogP contribution in [0.1, 0.15) is 40.5 Å². The number of nitrogens with two attached hydrogens (primary N) is 1. The monoisotopic (exact) mass is 282 g/mol. The molecule has 1 heterocycles. The average Bonchev–Trinajstić information content (AvgIpc) is 2.46. The van der Waals surface area contributed by atoms with Crippen LogP contribution < -0.4 is 16.0 Å². The minimum atomic E-state index is -0.422. The van der Waals surface area contributed by atoms with Crippen LogP contribution in [0.4, 0.5) is 17.8 Å². The maximum absolute atomic E-state index is 9.60. The third-order valence-corrected chi connectivity index (χ3v) is 3.72. The van der Waals surface area contributed by atoms with Gasteiger partial charge >= 0.3 is 0 Å². The van der Waals surface area contributed by atoms with E-state index in [1.54, 1.807) is 0 Å². The van der Waals surface area contributed by atoms with Crippen LogP contribution >= 0.6 is 0 Å². The highest BCUT2D eigenvalue weighted by molar-refractivity contribution is 5.43. The van der Waals surface area contributed by atoms with Crippen LogP contribution in [-0.2, 0) is 0 Å². The van der Waals surface area contributed by atoms with Crippen molar-refractivity contribution in [2.45, 2.75) is 46.1 Å². The number of nitrogens with zero attached hydrogens (tertiary/aromatic N) is 4. The quantitative estimate of drug-likeness (QED) is 0.660. The number of aliphatic hydroxyl groups is 1. The molecule has 1 aromatic rings. The van der Waals surface area contributed by atoms with Crippen LogP contribution in [0.25, 0.3) is 0 Å². The summed E-state index contributed by atoms with van der Waals surface area (Å²) in [6, 6.07) is 0. The fourth-order valence-corrected chi connectivity index (χ4v) is 2.01. The molecule has 0 atom stereocenters. The predicted molar refractivity (Wildman–Crippen MR) is 81.8 cm³/mol. The molecule has 1 aromatic heterocycles. The molecule has 0 aliphatic heterocycles. The Bertz CT molecular complexity index is 409. The van der Waals surface area contributed by atoms with Crippen molar-refractivity contribution in [2.75, 3.05) is 35.6 Å². The molecule has 0 aromatic carbocycles. The van der Waals surface area contributed by atoms with Crippen molar-refractivity contribution in [3.05, 3.63) is 0 Å². The minimum absolute atomic E-state index is 0.0200. The van der Waals surface area contributed by atoms with E-state index in [2.05, 4.69) is 20.3 Å². The lowest BCUT2D eigenvalue weighted by Crippen LogP contribution is -2.41. The smallest absolute Gasteiger partial charge is 0.231 e. The van der Waals surface area contributed by atoms with Crippen LogP contribution in [0.5, 0.6) is 0 Å². The highest BCUT2D eigenvalue weighted by Gasteiger charge is 2.26. The van der Waals surface area contributed by atoms with E-state index < -0.39 is 5.54 Å². The van der Waals surface area contributed by atoms with Crippen molar-refractivity contribution < 1.29 is 5.11 Å². The van der Waals surface area contributed by atoms with Crippen LogP contribution in [0.3, 0.4) is 0 Å². The Labute approximate surface area is 120 Å². The molecule has 7 heteroatoms. The molecular weight excluding hydrogens is 256 g/mol. The molecule has 0 saturated carbocycles. The summed E-state index contributed by atoms with van der Waals surface area (Å²) in [6.45, 7) is 9.72. The second-order valence-electron chi connectivity index (χ2n) is 4.76. The van der Waals surface area contributed by atoms with Crippen molar-refractivity contribution in [3.63, 3.8) is 0 Å². The Morgan fingerprint density at radius 2 is 1.70 bits per heavy atom. The lowest BCUT2D eigenvalue weighted by molar-refractivity contribution is 0.201. The molecule has 0 aliphatic carbocycles. The fourth-order valence-electron chi connectivity index (χ4n) is 2.01. The molecule has 7 nitrogen and oxygen atoms in total. The fraction of sp³-hybridized carbons (Fsp3) is 0.769. The first-order valence-corrected chi connectivity index (χ1v) is 7.19. The van der Waals surface area contributed by atoms with Crippen LogP contribution in [0.2, 0.25) is 0 Å². The molecule has 0 radical (unpaired) electrons. The SMILES string of the molecule is CCN(CC)c1nc(N)nc(NC(CC)(CC)CO)n1. The van der Waals surface area contributed by atoms with Gasteiger partial charge in [0.25, 0.3) is 0 Å². The molecule has 1 rings (SSSR count). The van der Waals surface area contributed by atoms with Gasteiger partial charge in [-0.05, 0) is 26.7 Å². The number of nitrogens with one attached hydrogen (secondary N) is 1. The van der Waals surface area contributed by atoms with Gasteiger partial charge in [-0.25, -0.2) is 0 Å². The highest BCUT2D eigenvalue weighted by atomic mass is 16.3.